The van der Waals surface area contributed by atoms with Crippen molar-refractivity contribution >= 4 is 27.6 Å². The number of hydrogen-bond donors (Lipinski definition) is 1. The number of nitrogens with two attached hydrogens (primary N) is 1. The average molecular weight is 325 g/mol. The third-order valence-electron chi connectivity index (χ3n) is 2.30. The van der Waals surface area contributed by atoms with Crippen LogP contribution < -0.4 is 5.73 Å². The van der Waals surface area contributed by atoms with Crippen LogP contribution in [0.4, 0.5) is 10.1 Å². The van der Waals surface area contributed by atoms with Crippen LogP contribution in [-0.2, 0) is 11.3 Å². The van der Waals surface area contributed by atoms with E-state index in [4.69, 9.17) is 10.5 Å². The summed E-state index contributed by atoms with van der Waals surface area (Å²) in [5.41, 5.74) is 6.31. The first-order valence-electron chi connectivity index (χ1n) is 5.38. The fraction of sp³-hybridized carbons (Fsp3) is 0.0769. The summed E-state index contributed by atoms with van der Waals surface area (Å²) < 4.78 is 18.9. The highest BCUT2D eigenvalue weighted by atomic mass is 79.9. The molecule has 0 atom stereocenters. The molecule has 1 heterocycles. The second kappa shape index (κ2) is 5.79. The van der Waals surface area contributed by atoms with Gasteiger partial charge in [0.2, 0.25) is 0 Å². The lowest BCUT2D eigenvalue weighted by Crippen LogP contribution is -2.07. The van der Waals surface area contributed by atoms with E-state index in [1.807, 2.05) is 0 Å². The van der Waals surface area contributed by atoms with Crippen molar-refractivity contribution in [2.24, 2.45) is 0 Å². The molecule has 4 nitrogen and oxygen atoms in total. The predicted molar refractivity (Wildman–Crippen MR) is 71.9 cm³/mol. The molecule has 0 aliphatic carbocycles. The maximum Gasteiger partial charge on any atom is 0.338 e. The third-order valence-corrected chi connectivity index (χ3v) is 2.76. The predicted octanol–water partition coefficient (Wildman–Crippen LogP) is 2.92. The number of nitrogen functional groups attached to an aromatic ring is 1. The van der Waals surface area contributed by atoms with E-state index < -0.39 is 11.8 Å². The molecule has 0 aliphatic heterocycles. The number of hydrogen-bond acceptors (Lipinski definition) is 4. The van der Waals surface area contributed by atoms with Crippen LogP contribution in [-0.4, -0.2) is 11.0 Å². The molecule has 0 unspecified atom stereocenters. The van der Waals surface area contributed by atoms with Crippen molar-refractivity contribution in [3.8, 4) is 0 Å². The van der Waals surface area contributed by atoms with Crippen LogP contribution in [0.2, 0.25) is 0 Å². The van der Waals surface area contributed by atoms with Crippen molar-refractivity contribution in [1.82, 2.24) is 4.98 Å². The first-order valence-corrected chi connectivity index (χ1v) is 6.17. The van der Waals surface area contributed by atoms with Crippen molar-refractivity contribution < 1.29 is 13.9 Å². The van der Waals surface area contributed by atoms with Gasteiger partial charge in [-0.2, -0.15) is 0 Å². The fourth-order valence-corrected chi connectivity index (χ4v) is 1.68. The highest BCUT2D eigenvalue weighted by Crippen LogP contribution is 2.13. The van der Waals surface area contributed by atoms with E-state index in [0.29, 0.717) is 5.69 Å². The van der Waals surface area contributed by atoms with Gasteiger partial charge in [0.05, 0.1) is 11.3 Å². The summed E-state index contributed by atoms with van der Waals surface area (Å²) in [5.74, 6) is -1.22. The maximum atomic E-state index is 13.1. The van der Waals surface area contributed by atoms with Crippen LogP contribution in [0.15, 0.2) is 41.0 Å². The monoisotopic (exact) mass is 324 g/mol. The van der Waals surface area contributed by atoms with Gasteiger partial charge in [0, 0.05) is 16.4 Å². The van der Waals surface area contributed by atoms with Gasteiger partial charge in [0.15, 0.2) is 0 Å². The first-order chi connectivity index (χ1) is 9.04. The van der Waals surface area contributed by atoms with Crippen LogP contribution in [0.1, 0.15) is 16.1 Å². The minimum Gasteiger partial charge on any atom is -0.456 e. The van der Waals surface area contributed by atoms with Crippen molar-refractivity contribution in [2.75, 3.05) is 5.73 Å². The van der Waals surface area contributed by atoms with E-state index in [1.165, 1.54) is 6.07 Å². The van der Waals surface area contributed by atoms with Gasteiger partial charge in [-0.3, -0.25) is 4.98 Å². The zero-order valence-corrected chi connectivity index (χ0v) is 11.4. The molecule has 0 saturated heterocycles. The summed E-state index contributed by atoms with van der Waals surface area (Å²) in [6, 6.07) is 7.08. The molecule has 98 valence electrons. The highest BCUT2D eigenvalue weighted by molar-refractivity contribution is 9.10. The van der Waals surface area contributed by atoms with Gasteiger partial charge in [0.25, 0.3) is 0 Å². The molecule has 0 saturated carbocycles. The molecule has 1 aromatic heterocycles. The van der Waals surface area contributed by atoms with Crippen LogP contribution >= 0.6 is 15.9 Å². The van der Waals surface area contributed by atoms with Gasteiger partial charge in [0.1, 0.15) is 12.4 Å². The molecule has 0 spiro atoms. The molecular formula is C13H10BrFN2O2. The standard InChI is InChI=1S/C13H10BrFN2O2/c14-9-1-2-12(17-6-9)7-19-13(18)8-3-10(15)5-11(16)4-8/h1-6H,7,16H2. The lowest BCUT2D eigenvalue weighted by molar-refractivity contribution is 0.0467. The second-order valence-electron chi connectivity index (χ2n) is 3.82. The van der Waals surface area contributed by atoms with Gasteiger partial charge in [-0.25, -0.2) is 9.18 Å². The number of halogens is 2. The summed E-state index contributed by atoms with van der Waals surface area (Å²) in [5, 5.41) is 0. The Morgan fingerprint density at radius 2 is 2.16 bits per heavy atom. The summed E-state index contributed by atoms with van der Waals surface area (Å²) in [7, 11) is 0. The Balaban J connectivity index is 2.03. The number of carbonyl (C=O) groups is 1. The van der Waals surface area contributed by atoms with Gasteiger partial charge >= 0.3 is 5.97 Å². The molecular weight excluding hydrogens is 315 g/mol. The number of benzene rings is 1. The topological polar surface area (TPSA) is 65.2 Å². The summed E-state index contributed by atoms with van der Waals surface area (Å²) >= 11 is 3.25. The summed E-state index contributed by atoms with van der Waals surface area (Å²) in [6.45, 7) is 0.0164. The number of ether oxygens (including phenoxy) is 1. The Hall–Kier alpha value is -1.95. The third kappa shape index (κ3) is 3.75. The number of esters is 1. The molecule has 0 aliphatic rings. The molecule has 6 heteroatoms. The van der Waals surface area contributed by atoms with E-state index in [2.05, 4.69) is 20.9 Å². The lowest BCUT2D eigenvalue weighted by atomic mass is 10.2. The van der Waals surface area contributed by atoms with Gasteiger partial charge in [-0.15, -0.1) is 0 Å². The molecule has 2 rings (SSSR count). The Morgan fingerprint density at radius 1 is 1.37 bits per heavy atom. The minimum absolute atomic E-state index is 0.0164. The minimum atomic E-state index is -0.643. The van der Waals surface area contributed by atoms with Crippen molar-refractivity contribution in [3.63, 3.8) is 0 Å². The van der Waals surface area contributed by atoms with Gasteiger partial charge in [-0.05, 0) is 46.3 Å². The number of anilines is 1. The Morgan fingerprint density at radius 3 is 2.79 bits per heavy atom. The first kappa shape index (κ1) is 13.5. The molecule has 0 fully saturated rings. The van der Waals surface area contributed by atoms with Crippen molar-refractivity contribution in [3.05, 3.63) is 58.1 Å². The quantitative estimate of drug-likeness (QED) is 0.696. The van der Waals surface area contributed by atoms with Crippen LogP contribution in [0.25, 0.3) is 0 Å². The lowest BCUT2D eigenvalue weighted by Gasteiger charge is -2.05. The summed E-state index contributed by atoms with van der Waals surface area (Å²) in [4.78, 5) is 15.8. The highest BCUT2D eigenvalue weighted by Gasteiger charge is 2.10. The van der Waals surface area contributed by atoms with E-state index in [1.54, 1.807) is 18.3 Å². The van der Waals surface area contributed by atoms with Gasteiger partial charge < -0.3 is 10.5 Å². The largest absolute Gasteiger partial charge is 0.456 e. The molecule has 1 aromatic carbocycles. The smallest absolute Gasteiger partial charge is 0.338 e. The van der Waals surface area contributed by atoms with E-state index >= 15 is 0 Å². The number of rotatable bonds is 3. The molecule has 0 amide bonds. The van der Waals surface area contributed by atoms with Crippen molar-refractivity contribution in [2.45, 2.75) is 6.61 Å². The van der Waals surface area contributed by atoms with Crippen LogP contribution in [0.5, 0.6) is 0 Å². The number of carbonyl (C=O) groups excluding carboxylic acids is 1. The van der Waals surface area contributed by atoms with Crippen LogP contribution in [0.3, 0.4) is 0 Å². The molecule has 19 heavy (non-hydrogen) atoms. The molecule has 0 radical (unpaired) electrons. The number of aromatic nitrogens is 1. The van der Waals surface area contributed by atoms with Gasteiger partial charge in [-0.1, -0.05) is 0 Å². The van der Waals surface area contributed by atoms with E-state index in [0.717, 1.165) is 16.6 Å². The zero-order valence-electron chi connectivity index (χ0n) is 9.77. The normalized spacial score (nSPS) is 10.2. The Kier molecular flexibility index (Phi) is 4.11. The Bertz CT molecular complexity index is 582. The number of pyridine rings is 1. The molecule has 2 aromatic rings. The van der Waals surface area contributed by atoms with E-state index in [-0.39, 0.29) is 17.9 Å². The van der Waals surface area contributed by atoms with Crippen molar-refractivity contribution in [1.29, 1.82) is 0 Å². The maximum absolute atomic E-state index is 13.1. The Labute approximate surface area is 117 Å². The summed E-state index contributed by atoms with van der Waals surface area (Å²) in [6.07, 6.45) is 1.60. The number of nitrogens with zero attached hydrogens (tertiary/aromatic N) is 1. The second-order valence-corrected chi connectivity index (χ2v) is 4.73. The fourth-order valence-electron chi connectivity index (χ4n) is 1.44. The zero-order chi connectivity index (χ0) is 13.8. The average Bonchev–Trinajstić information content (AvgIpc) is 2.36. The van der Waals surface area contributed by atoms with Crippen LogP contribution in [0, 0.1) is 5.82 Å². The molecule has 0 bridgehead atoms. The molecule has 2 N–H and O–H groups in total. The van der Waals surface area contributed by atoms with E-state index in [9.17, 15) is 9.18 Å². The SMILES string of the molecule is Nc1cc(F)cc(C(=O)OCc2ccc(Br)cn2)c1.